The zero-order valence-electron chi connectivity index (χ0n) is 15.6. The second-order valence-electron chi connectivity index (χ2n) is 6.28. The number of methoxy groups -OCH3 is 1. The lowest BCUT2D eigenvalue weighted by atomic mass is 10.1. The fraction of sp³-hybridized carbons (Fsp3) is 0.263. The van der Waals surface area contributed by atoms with Gasteiger partial charge in [0.1, 0.15) is 5.75 Å². The van der Waals surface area contributed by atoms with E-state index < -0.39 is 10.0 Å². The fourth-order valence-electron chi connectivity index (χ4n) is 2.82. The topological polar surface area (TPSA) is 94.3 Å². The van der Waals surface area contributed by atoms with E-state index >= 15 is 0 Å². The van der Waals surface area contributed by atoms with Gasteiger partial charge < -0.3 is 9.15 Å². The van der Waals surface area contributed by atoms with E-state index in [1.54, 1.807) is 33.1 Å². The summed E-state index contributed by atoms with van der Waals surface area (Å²) >= 11 is 0. The maximum absolute atomic E-state index is 12.7. The van der Waals surface area contributed by atoms with Crippen LogP contribution in [0.1, 0.15) is 22.6 Å². The van der Waals surface area contributed by atoms with Crippen LogP contribution in [0.25, 0.3) is 11.5 Å². The Morgan fingerprint density at radius 1 is 1.04 bits per heavy atom. The molecule has 0 saturated carbocycles. The second kappa shape index (κ2) is 7.50. The summed E-state index contributed by atoms with van der Waals surface area (Å²) in [7, 11) is -2.20. The van der Waals surface area contributed by atoms with Gasteiger partial charge in [0.25, 0.3) is 0 Å². The van der Waals surface area contributed by atoms with Crippen molar-refractivity contribution in [1.29, 1.82) is 0 Å². The number of sulfonamides is 1. The summed E-state index contributed by atoms with van der Waals surface area (Å²) in [5.41, 5.74) is 3.11. The van der Waals surface area contributed by atoms with Crippen LogP contribution >= 0.6 is 0 Å². The molecule has 0 spiro atoms. The van der Waals surface area contributed by atoms with Crippen LogP contribution in [0.15, 0.2) is 45.7 Å². The predicted octanol–water partition coefficient (Wildman–Crippen LogP) is 3.15. The molecule has 1 heterocycles. The van der Waals surface area contributed by atoms with Crippen LogP contribution in [0.4, 0.5) is 0 Å². The van der Waals surface area contributed by atoms with Gasteiger partial charge in [-0.25, -0.2) is 13.1 Å². The molecule has 3 aromatic rings. The molecule has 0 aliphatic heterocycles. The molecule has 2 aromatic carbocycles. The number of nitrogens with one attached hydrogen (secondary N) is 1. The van der Waals surface area contributed by atoms with Gasteiger partial charge in [-0.15, -0.1) is 10.2 Å². The van der Waals surface area contributed by atoms with Crippen molar-refractivity contribution in [1.82, 2.24) is 14.9 Å². The zero-order chi connectivity index (χ0) is 19.6. The van der Waals surface area contributed by atoms with Gasteiger partial charge in [0.05, 0.1) is 18.6 Å². The first-order valence-electron chi connectivity index (χ1n) is 8.34. The summed E-state index contributed by atoms with van der Waals surface area (Å²) in [6, 6.07) is 11.0. The van der Waals surface area contributed by atoms with Gasteiger partial charge in [-0.05, 0) is 56.2 Å². The van der Waals surface area contributed by atoms with Crippen LogP contribution < -0.4 is 9.46 Å². The second-order valence-corrected chi connectivity index (χ2v) is 7.99. The number of rotatable bonds is 6. The zero-order valence-corrected chi connectivity index (χ0v) is 16.4. The minimum absolute atomic E-state index is 0.0912. The molecule has 1 aromatic heterocycles. The molecule has 0 radical (unpaired) electrons. The standard InChI is InChI=1S/C19H21N3O4S/c1-12-5-7-15(8-6-12)19-22-21-17(26-19)11-20-27(23,24)18-13(2)9-16(25-4)10-14(18)3/h5-10,20H,11H2,1-4H3. The molecule has 0 amide bonds. The van der Waals surface area contributed by atoms with Crippen molar-refractivity contribution in [3.8, 4) is 17.2 Å². The Balaban J connectivity index is 1.78. The van der Waals surface area contributed by atoms with Crippen molar-refractivity contribution < 1.29 is 17.6 Å². The Kier molecular flexibility index (Phi) is 5.29. The Bertz CT molecular complexity index is 1030. The summed E-state index contributed by atoms with van der Waals surface area (Å²) in [4.78, 5) is 0.224. The highest BCUT2D eigenvalue weighted by atomic mass is 32.2. The first-order valence-corrected chi connectivity index (χ1v) is 9.83. The Morgan fingerprint density at radius 2 is 1.67 bits per heavy atom. The molecule has 3 rings (SSSR count). The lowest BCUT2D eigenvalue weighted by molar-refractivity contribution is 0.413. The van der Waals surface area contributed by atoms with Gasteiger partial charge >= 0.3 is 0 Å². The van der Waals surface area contributed by atoms with Crippen LogP contribution in [0.3, 0.4) is 0 Å². The largest absolute Gasteiger partial charge is 0.497 e. The lowest BCUT2D eigenvalue weighted by Gasteiger charge is -2.13. The summed E-state index contributed by atoms with van der Waals surface area (Å²) in [5, 5.41) is 7.90. The van der Waals surface area contributed by atoms with Crippen molar-refractivity contribution in [3.63, 3.8) is 0 Å². The van der Waals surface area contributed by atoms with Gasteiger partial charge in [0.15, 0.2) is 0 Å². The van der Waals surface area contributed by atoms with E-state index in [1.165, 1.54) is 0 Å². The number of hydrogen-bond acceptors (Lipinski definition) is 6. The summed E-state index contributed by atoms with van der Waals surface area (Å²) in [6.07, 6.45) is 0. The SMILES string of the molecule is COc1cc(C)c(S(=O)(=O)NCc2nnc(-c3ccc(C)cc3)o2)c(C)c1. The molecule has 0 bridgehead atoms. The maximum atomic E-state index is 12.7. The minimum atomic E-state index is -3.74. The van der Waals surface area contributed by atoms with Gasteiger partial charge in [0.2, 0.25) is 21.8 Å². The van der Waals surface area contributed by atoms with Crippen LogP contribution in [0.2, 0.25) is 0 Å². The molecule has 7 nitrogen and oxygen atoms in total. The van der Waals surface area contributed by atoms with Crippen molar-refractivity contribution in [2.45, 2.75) is 32.2 Å². The van der Waals surface area contributed by atoms with Crippen LogP contribution in [0.5, 0.6) is 5.75 Å². The smallest absolute Gasteiger partial charge is 0.247 e. The van der Waals surface area contributed by atoms with Crippen molar-refractivity contribution in [2.75, 3.05) is 7.11 Å². The highest BCUT2D eigenvalue weighted by Gasteiger charge is 2.21. The normalized spacial score (nSPS) is 11.6. The summed E-state index contributed by atoms with van der Waals surface area (Å²) < 4.78 is 38.7. The van der Waals surface area contributed by atoms with Gasteiger partial charge in [-0.1, -0.05) is 17.7 Å². The Morgan fingerprint density at radius 3 is 2.26 bits per heavy atom. The van der Waals surface area contributed by atoms with E-state index in [0.717, 1.165) is 11.1 Å². The van der Waals surface area contributed by atoms with Crippen molar-refractivity contribution in [2.24, 2.45) is 0 Å². The van der Waals surface area contributed by atoms with Crippen LogP contribution in [-0.4, -0.2) is 25.7 Å². The first kappa shape index (κ1) is 19.1. The number of nitrogens with zero attached hydrogens (tertiary/aromatic N) is 2. The van der Waals surface area contributed by atoms with E-state index in [4.69, 9.17) is 9.15 Å². The molecule has 0 fully saturated rings. The number of hydrogen-bond donors (Lipinski definition) is 1. The molecule has 0 unspecified atom stereocenters. The average molecular weight is 387 g/mol. The molecule has 0 aliphatic rings. The molecule has 8 heteroatoms. The van der Waals surface area contributed by atoms with Gasteiger partial charge in [-0.3, -0.25) is 0 Å². The minimum Gasteiger partial charge on any atom is -0.497 e. The summed E-state index contributed by atoms with van der Waals surface area (Å²) in [6.45, 7) is 5.35. The molecular formula is C19H21N3O4S. The Hall–Kier alpha value is -2.71. The number of aryl methyl sites for hydroxylation is 3. The lowest BCUT2D eigenvalue weighted by Crippen LogP contribution is -2.25. The number of ether oxygens (including phenoxy) is 1. The quantitative estimate of drug-likeness (QED) is 0.698. The third kappa shape index (κ3) is 4.17. The number of benzene rings is 2. The maximum Gasteiger partial charge on any atom is 0.247 e. The highest BCUT2D eigenvalue weighted by Crippen LogP contribution is 2.26. The third-order valence-electron chi connectivity index (χ3n) is 4.12. The number of aromatic nitrogens is 2. The molecule has 0 aliphatic carbocycles. The third-order valence-corrected chi connectivity index (χ3v) is 5.82. The molecule has 27 heavy (non-hydrogen) atoms. The molecule has 0 atom stereocenters. The first-order chi connectivity index (χ1) is 12.8. The summed E-state index contributed by atoms with van der Waals surface area (Å²) in [5.74, 6) is 1.16. The van der Waals surface area contributed by atoms with E-state index in [1.807, 2.05) is 31.2 Å². The predicted molar refractivity (Wildman–Crippen MR) is 101 cm³/mol. The van der Waals surface area contributed by atoms with Gasteiger partial charge in [0, 0.05) is 5.56 Å². The van der Waals surface area contributed by atoms with E-state index in [-0.39, 0.29) is 17.3 Å². The molecule has 0 saturated heterocycles. The van der Waals surface area contributed by atoms with E-state index in [0.29, 0.717) is 22.8 Å². The van der Waals surface area contributed by atoms with Crippen LogP contribution in [-0.2, 0) is 16.6 Å². The molecule has 142 valence electrons. The van der Waals surface area contributed by atoms with E-state index in [9.17, 15) is 8.42 Å². The Labute approximate surface area is 158 Å². The average Bonchev–Trinajstić information content (AvgIpc) is 3.09. The van der Waals surface area contributed by atoms with E-state index in [2.05, 4.69) is 14.9 Å². The van der Waals surface area contributed by atoms with Crippen molar-refractivity contribution >= 4 is 10.0 Å². The molecule has 1 N–H and O–H groups in total. The highest BCUT2D eigenvalue weighted by molar-refractivity contribution is 7.89. The monoisotopic (exact) mass is 387 g/mol. The fourth-order valence-corrected chi connectivity index (χ4v) is 4.24. The van der Waals surface area contributed by atoms with Crippen LogP contribution in [0, 0.1) is 20.8 Å². The molecular weight excluding hydrogens is 366 g/mol. The van der Waals surface area contributed by atoms with Crippen molar-refractivity contribution in [3.05, 3.63) is 59.0 Å². The van der Waals surface area contributed by atoms with Gasteiger partial charge in [-0.2, -0.15) is 0 Å².